The molecule has 0 bridgehead atoms. The van der Waals surface area contributed by atoms with E-state index in [4.69, 9.17) is 4.74 Å². The molecule has 0 radical (unpaired) electrons. The molecule has 9 heteroatoms. The van der Waals surface area contributed by atoms with Crippen LogP contribution in [0.25, 0.3) is 10.6 Å². The summed E-state index contributed by atoms with van der Waals surface area (Å²) in [5, 5.41) is 6.21. The van der Waals surface area contributed by atoms with E-state index in [9.17, 15) is 18.8 Å². The van der Waals surface area contributed by atoms with Crippen LogP contribution in [-0.2, 0) is 9.53 Å². The molecule has 0 fully saturated rings. The van der Waals surface area contributed by atoms with E-state index in [1.165, 1.54) is 42.8 Å². The summed E-state index contributed by atoms with van der Waals surface area (Å²) in [7, 11) is 1.35. The Hall–Kier alpha value is -2.81. The Bertz CT molecular complexity index is 760. The number of hydrogen-bond donors (Lipinski definition) is 2. The van der Waals surface area contributed by atoms with Crippen molar-refractivity contribution in [2.75, 3.05) is 7.05 Å². The molecule has 2 rings (SSSR count). The molecule has 24 heavy (non-hydrogen) atoms. The molecule has 0 aliphatic carbocycles. The van der Waals surface area contributed by atoms with E-state index in [1.807, 2.05) is 5.32 Å². The van der Waals surface area contributed by atoms with Gasteiger partial charge in [0.05, 0.1) is 0 Å². The quantitative estimate of drug-likeness (QED) is 0.821. The second-order valence-electron chi connectivity index (χ2n) is 4.66. The number of hydrogen-bond acceptors (Lipinski definition) is 6. The van der Waals surface area contributed by atoms with Crippen molar-refractivity contribution in [3.63, 3.8) is 0 Å². The van der Waals surface area contributed by atoms with Gasteiger partial charge in [-0.2, -0.15) is 0 Å². The molecule has 0 spiro atoms. The van der Waals surface area contributed by atoms with E-state index < -0.39 is 24.0 Å². The van der Waals surface area contributed by atoms with Crippen molar-refractivity contribution < 1.29 is 23.5 Å². The minimum atomic E-state index is -1.16. The number of carbonyl (C=O) groups is 3. The monoisotopic (exact) mass is 351 g/mol. The highest BCUT2D eigenvalue weighted by Gasteiger charge is 2.22. The van der Waals surface area contributed by atoms with Crippen LogP contribution in [0.1, 0.15) is 17.4 Å². The molecule has 0 unspecified atom stereocenters. The summed E-state index contributed by atoms with van der Waals surface area (Å²) >= 11 is 1.19. The van der Waals surface area contributed by atoms with E-state index in [0.29, 0.717) is 10.6 Å². The zero-order chi connectivity index (χ0) is 17.7. The lowest BCUT2D eigenvalue weighted by Gasteiger charge is -2.11. The third-order valence-electron chi connectivity index (χ3n) is 2.92. The first-order valence-electron chi connectivity index (χ1n) is 6.85. The van der Waals surface area contributed by atoms with Crippen molar-refractivity contribution in [2.45, 2.75) is 13.0 Å². The molecule has 1 heterocycles. The number of imide groups is 1. The Morgan fingerprint density at radius 1 is 1.25 bits per heavy atom. The maximum Gasteiger partial charge on any atom is 0.358 e. The third-order valence-corrected chi connectivity index (χ3v) is 3.81. The molecule has 0 aliphatic rings. The Labute approximate surface area is 140 Å². The van der Waals surface area contributed by atoms with E-state index in [0.717, 1.165) is 0 Å². The third kappa shape index (κ3) is 4.35. The summed E-state index contributed by atoms with van der Waals surface area (Å²) in [5.74, 6) is -1.92. The normalized spacial score (nSPS) is 11.5. The highest BCUT2D eigenvalue weighted by atomic mass is 32.1. The largest absolute Gasteiger partial charge is 0.448 e. The van der Waals surface area contributed by atoms with Gasteiger partial charge in [-0.1, -0.05) is 0 Å². The van der Waals surface area contributed by atoms with Gasteiger partial charge in [-0.05, 0) is 31.2 Å². The van der Waals surface area contributed by atoms with Gasteiger partial charge in [-0.3, -0.25) is 10.1 Å². The topological polar surface area (TPSA) is 97.4 Å². The Morgan fingerprint density at radius 2 is 1.92 bits per heavy atom. The first-order chi connectivity index (χ1) is 11.4. The summed E-state index contributed by atoms with van der Waals surface area (Å²) in [6.45, 7) is 1.34. The van der Waals surface area contributed by atoms with Crippen LogP contribution in [0.4, 0.5) is 9.18 Å². The second kappa shape index (κ2) is 7.64. The number of rotatable bonds is 4. The number of benzene rings is 1. The van der Waals surface area contributed by atoms with Gasteiger partial charge in [0.15, 0.2) is 11.8 Å². The predicted octanol–water partition coefficient (Wildman–Crippen LogP) is 1.95. The average Bonchev–Trinajstić information content (AvgIpc) is 3.05. The van der Waals surface area contributed by atoms with Crippen LogP contribution in [0.3, 0.4) is 0 Å². The lowest BCUT2D eigenvalue weighted by molar-refractivity contribution is -0.127. The van der Waals surface area contributed by atoms with Gasteiger partial charge in [0, 0.05) is 18.0 Å². The molecule has 2 aromatic rings. The van der Waals surface area contributed by atoms with Gasteiger partial charge in [-0.15, -0.1) is 11.3 Å². The molecule has 3 amide bonds. The summed E-state index contributed by atoms with van der Waals surface area (Å²) in [4.78, 5) is 38.8. The fourth-order valence-electron chi connectivity index (χ4n) is 1.64. The SMILES string of the molecule is CNC(=O)NC(=O)[C@@H](C)OC(=O)c1csc(-c2ccc(F)cc2)n1. The number of carbonyl (C=O) groups excluding carboxylic acids is 3. The highest BCUT2D eigenvalue weighted by Crippen LogP contribution is 2.24. The fourth-order valence-corrected chi connectivity index (χ4v) is 2.44. The molecule has 1 aromatic heterocycles. The smallest absolute Gasteiger partial charge is 0.358 e. The molecule has 0 saturated carbocycles. The van der Waals surface area contributed by atoms with Gasteiger partial charge < -0.3 is 10.1 Å². The Morgan fingerprint density at radius 3 is 2.54 bits per heavy atom. The van der Waals surface area contributed by atoms with Gasteiger partial charge in [0.2, 0.25) is 0 Å². The maximum atomic E-state index is 12.9. The maximum absolute atomic E-state index is 12.9. The van der Waals surface area contributed by atoms with Crippen LogP contribution >= 0.6 is 11.3 Å². The molecule has 1 atom stereocenters. The number of ether oxygens (including phenoxy) is 1. The average molecular weight is 351 g/mol. The lowest BCUT2D eigenvalue weighted by Crippen LogP contribution is -2.43. The number of thiazole rings is 1. The van der Waals surface area contributed by atoms with E-state index in [2.05, 4.69) is 10.3 Å². The van der Waals surface area contributed by atoms with Crippen molar-refractivity contribution >= 4 is 29.2 Å². The van der Waals surface area contributed by atoms with Crippen molar-refractivity contribution in [1.29, 1.82) is 0 Å². The van der Waals surface area contributed by atoms with Crippen LogP contribution in [0.5, 0.6) is 0 Å². The van der Waals surface area contributed by atoms with Crippen LogP contribution in [0.15, 0.2) is 29.6 Å². The van der Waals surface area contributed by atoms with Gasteiger partial charge in [0.1, 0.15) is 10.8 Å². The molecule has 0 saturated heterocycles. The van der Waals surface area contributed by atoms with Crippen LogP contribution in [0.2, 0.25) is 0 Å². The van der Waals surface area contributed by atoms with Crippen molar-refractivity contribution in [3.05, 3.63) is 41.2 Å². The Balaban J connectivity index is 2.02. The van der Waals surface area contributed by atoms with Crippen LogP contribution in [0, 0.1) is 5.82 Å². The number of amides is 3. The highest BCUT2D eigenvalue weighted by molar-refractivity contribution is 7.13. The second-order valence-corrected chi connectivity index (χ2v) is 5.52. The van der Waals surface area contributed by atoms with Crippen molar-refractivity contribution in [1.82, 2.24) is 15.6 Å². The summed E-state index contributed by atoms with van der Waals surface area (Å²) in [5.41, 5.74) is 0.685. The number of urea groups is 1. The van der Waals surface area contributed by atoms with Crippen molar-refractivity contribution in [3.8, 4) is 10.6 Å². The molecule has 0 aliphatic heterocycles. The standard InChI is InChI=1S/C15H14FN3O4S/c1-8(12(20)19-15(22)17-2)23-14(21)11-7-24-13(18-11)9-3-5-10(16)6-4-9/h3-8H,1-2H3,(H2,17,19,20,22)/t8-/m1/s1. The molecule has 2 N–H and O–H groups in total. The summed E-state index contributed by atoms with van der Waals surface area (Å²) in [6, 6.07) is 4.97. The zero-order valence-electron chi connectivity index (χ0n) is 12.8. The molecular formula is C15H14FN3O4S. The van der Waals surface area contributed by atoms with Crippen LogP contribution in [-0.4, -0.2) is 36.0 Å². The first-order valence-corrected chi connectivity index (χ1v) is 7.73. The number of esters is 1. The fraction of sp³-hybridized carbons (Fsp3) is 0.200. The Kier molecular flexibility index (Phi) is 5.59. The zero-order valence-corrected chi connectivity index (χ0v) is 13.6. The number of aromatic nitrogens is 1. The predicted molar refractivity (Wildman–Crippen MR) is 85.0 cm³/mol. The molecular weight excluding hydrogens is 337 g/mol. The lowest BCUT2D eigenvalue weighted by atomic mass is 10.2. The van der Waals surface area contributed by atoms with E-state index in [1.54, 1.807) is 12.1 Å². The van der Waals surface area contributed by atoms with Crippen molar-refractivity contribution in [2.24, 2.45) is 0 Å². The van der Waals surface area contributed by atoms with E-state index in [-0.39, 0.29) is 11.5 Å². The summed E-state index contributed by atoms with van der Waals surface area (Å²) < 4.78 is 17.9. The number of nitrogens with one attached hydrogen (secondary N) is 2. The van der Waals surface area contributed by atoms with Gasteiger partial charge in [-0.25, -0.2) is 19.0 Å². The van der Waals surface area contributed by atoms with Gasteiger partial charge >= 0.3 is 12.0 Å². The molecule has 1 aromatic carbocycles. The minimum Gasteiger partial charge on any atom is -0.448 e. The minimum absolute atomic E-state index is 0.0268. The first kappa shape index (κ1) is 17.5. The number of halogens is 1. The van der Waals surface area contributed by atoms with Crippen LogP contribution < -0.4 is 10.6 Å². The summed E-state index contributed by atoms with van der Waals surface area (Å²) in [6.07, 6.45) is -1.16. The number of nitrogens with zero attached hydrogens (tertiary/aromatic N) is 1. The van der Waals surface area contributed by atoms with E-state index >= 15 is 0 Å². The molecule has 126 valence electrons. The van der Waals surface area contributed by atoms with Gasteiger partial charge in [0.25, 0.3) is 5.91 Å². The molecule has 7 nitrogen and oxygen atoms in total.